The highest BCUT2D eigenvalue weighted by Crippen LogP contribution is 2.43. The van der Waals surface area contributed by atoms with Gasteiger partial charge in [0.05, 0.1) is 5.57 Å². The van der Waals surface area contributed by atoms with E-state index < -0.39 is 17.7 Å². The maximum atomic E-state index is 12.9. The van der Waals surface area contributed by atoms with Gasteiger partial charge in [-0.2, -0.15) is 0 Å². The predicted octanol–water partition coefficient (Wildman–Crippen LogP) is 5.79. The molecule has 2 heterocycles. The molecule has 28 heavy (non-hydrogen) atoms. The number of hydrogen-bond acceptors (Lipinski definition) is 4. The second kappa shape index (κ2) is 7.54. The lowest BCUT2D eigenvalue weighted by Gasteiger charge is -2.24. The molecule has 0 aliphatic carbocycles. The number of hydrogen-bond donors (Lipinski definition) is 1. The van der Waals surface area contributed by atoms with Crippen LogP contribution in [0.15, 0.2) is 76.1 Å². The molecule has 1 amide bonds. The van der Waals surface area contributed by atoms with Crippen molar-refractivity contribution in [3.63, 3.8) is 0 Å². The van der Waals surface area contributed by atoms with Crippen molar-refractivity contribution >= 4 is 62.0 Å². The molecule has 1 aliphatic rings. The van der Waals surface area contributed by atoms with Crippen molar-refractivity contribution in [3.05, 3.63) is 91.6 Å². The summed E-state index contributed by atoms with van der Waals surface area (Å²) in [5.74, 6) is -1.59. The third-order valence-corrected chi connectivity index (χ3v) is 6.18. The summed E-state index contributed by atoms with van der Waals surface area (Å²) in [4.78, 5) is 28.0. The van der Waals surface area contributed by atoms with Crippen LogP contribution in [0.3, 0.4) is 0 Å². The van der Waals surface area contributed by atoms with E-state index in [9.17, 15) is 14.7 Å². The van der Waals surface area contributed by atoms with Crippen LogP contribution >= 0.6 is 38.9 Å². The molecule has 1 fully saturated rings. The molecular formula is C21H13BrClNO3S. The molecule has 4 nitrogen and oxygen atoms in total. The summed E-state index contributed by atoms with van der Waals surface area (Å²) < 4.78 is 0.848. The van der Waals surface area contributed by atoms with Gasteiger partial charge in [0.25, 0.3) is 11.7 Å². The number of anilines is 1. The SMILES string of the molecule is O=C1C(=O)N(c2ccc(Cl)cc2)C(c2cccs2)/C1=C(/O)c1ccc(Br)cc1. The van der Waals surface area contributed by atoms with Crippen molar-refractivity contribution < 1.29 is 14.7 Å². The van der Waals surface area contributed by atoms with E-state index in [-0.39, 0.29) is 11.3 Å². The first-order valence-electron chi connectivity index (χ1n) is 8.33. The first-order valence-corrected chi connectivity index (χ1v) is 10.4. The summed E-state index contributed by atoms with van der Waals surface area (Å²) in [6.45, 7) is 0. The van der Waals surface area contributed by atoms with Crippen molar-refractivity contribution in [1.29, 1.82) is 0 Å². The predicted molar refractivity (Wildman–Crippen MR) is 115 cm³/mol. The molecule has 7 heteroatoms. The highest BCUT2D eigenvalue weighted by molar-refractivity contribution is 9.10. The van der Waals surface area contributed by atoms with Crippen molar-refractivity contribution in [3.8, 4) is 0 Å². The lowest BCUT2D eigenvalue weighted by Crippen LogP contribution is -2.29. The van der Waals surface area contributed by atoms with Gasteiger partial charge in [0.1, 0.15) is 11.8 Å². The monoisotopic (exact) mass is 473 g/mol. The molecule has 0 saturated carbocycles. The van der Waals surface area contributed by atoms with Crippen LogP contribution in [-0.4, -0.2) is 16.8 Å². The van der Waals surface area contributed by atoms with Gasteiger partial charge in [-0.3, -0.25) is 14.5 Å². The number of nitrogens with zero attached hydrogens (tertiary/aromatic N) is 1. The van der Waals surface area contributed by atoms with Gasteiger partial charge < -0.3 is 5.11 Å². The van der Waals surface area contributed by atoms with E-state index in [1.54, 1.807) is 48.5 Å². The Morgan fingerprint density at radius 3 is 2.32 bits per heavy atom. The third kappa shape index (κ3) is 3.28. The Bertz CT molecular complexity index is 1080. The van der Waals surface area contributed by atoms with Gasteiger partial charge in [-0.25, -0.2) is 0 Å². The van der Waals surface area contributed by atoms with Gasteiger partial charge in [0.15, 0.2) is 0 Å². The lowest BCUT2D eigenvalue weighted by molar-refractivity contribution is -0.132. The Morgan fingerprint density at radius 2 is 1.71 bits per heavy atom. The van der Waals surface area contributed by atoms with E-state index in [4.69, 9.17) is 11.6 Å². The van der Waals surface area contributed by atoms with Crippen LogP contribution in [0.25, 0.3) is 5.76 Å². The number of aliphatic hydroxyl groups is 1. The molecule has 4 rings (SSSR count). The minimum absolute atomic E-state index is 0.0738. The van der Waals surface area contributed by atoms with Gasteiger partial charge in [-0.1, -0.05) is 45.7 Å². The molecule has 2 aromatic carbocycles. The van der Waals surface area contributed by atoms with Crippen molar-refractivity contribution in [2.45, 2.75) is 6.04 Å². The number of amides is 1. The molecule has 140 valence electrons. The Balaban J connectivity index is 1.91. The Labute approximate surface area is 178 Å². The fourth-order valence-electron chi connectivity index (χ4n) is 3.18. The summed E-state index contributed by atoms with van der Waals surface area (Å²) >= 11 is 10.7. The smallest absolute Gasteiger partial charge is 0.300 e. The van der Waals surface area contributed by atoms with Gasteiger partial charge in [-0.05, 0) is 47.8 Å². The highest BCUT2D eigenvalue weighted by Gasteiger charge is 2.47. The van der Waals surface area contributed by atoms with Crippen LogP contribution in [0.4, 0.5) is 5.69 Å². The van der Waals surface area contributed by atoms with E-state index in [1.165, 1.54) is 16.2 Å². The van der Waals surface area contributed by atoms with Gasteiger partial charge in [-0.15, -0.1) is 11.3 Å². The van der Waals surface area contributed by atoms with Crippen LogP contribution in [0, 0.1) is 0 Å². The summed E-state index contributed by atoms with van der Waals surface area (Å²) in [6.07, 6.45) is 0. The molecule has 1 aromatic heterocycles. The number of thiophene rings is 1. The van der Waals surface area contributed by atoms with Crippen LogP contribution < -0.4 is 4.90 Å². The Kier molecular flexibility index (Phi) is 5.10. The van der Waals surface area contributed by atoms with Crippen LogP contribution in [0.1, 0.15) is 16.5 Å². The number of carbonyl (C=O) groups excluding carboxylic acids is 2. The topological polar surface area (TPSA) is 57.6 Å². The van der Waals surface area contributed by atoms with Crippen LogP contribution in [0.5, 0.6) is 0 Å². The number of Topliss-reactive ketones (excluding diaryl/α,β-unsaturated/α-hetero) is 1. The largest absolute Gasteiger partial charge is 0.507 e. The zero-order chi connectivity index (χ0) is 19.8. The van der Waals surface area contributed by atoms with Crippen molar-refractivity contribution in [2.24, 2.45) is 0 Å². The second-order valence-electron chi connectivity index (χ2n) is 6.17. The molecule has 1 atom stereocenters. The number of benzene rings is 2. The molecule has 3 aromatic rings. The standard InChI is InChI=1S/C21H13BrClNO3S/c22-13-5-3-12(4-6-13)19(25)17-18(16-2-1-11-28-16)24(21(27)20(17)26)15-9-7-14(23)8-10-15/h1-11,18,25H/b19-17-. The molecule has 1 saturated heterocycles. The fraction of sp³-hybridized carbons (Fsp3) is 0.0476. The molecule has 0 radical (unpaired) electrons. The molecule has 0 spiro atoms. The maximum absolute atomic E-state index is 12.9. The Morgan fingerprint density at radius 1 is 1.04 bits per heavy atom. The normalized spacial score (nSPS) is 18.6. The molecule has 1 aliphatic heterocycles. The van der Waals surface area contributed by atoms with E-state index in [0.717, 1.165) is 9.35 Å². The molecular weight excluding hydrogens is 462 g/mol. The summed E-state index contributed by atoms with van der Waals surface area (Å²) in [5.41, 5.74) is 1.09. The first kappa shape index (κ1) is 18.9. The number of ketones is 1. The summed E-state index contributed by atoms with van der Waals surface area (Å²) in [7, 11) is 0. The van der Waals surface area contributed by atoms with Crippen LogP contribution in [0.2, 0.25) is 5.02 Å². The molecule has 1 N–H and O–H groups in total. The summed E-state index contributed by atoms with van der Waals surface area (Å²) in [6, 6.07) is 16.6. The zero-order valence-corrected chi connectivity index (χ0v) is 17.5. The number of carbonyl (C=O) groups is 2. The Hall–Kier alpha value is -2.41. The average Bonchev–Trinajstić information content (AvgIpc) is 3.30. The van der Waals surface area contributed by atoms with Crippen molar-refractivity contribution in [2.75, 3.05) is 4.90 Å². The fourth-order valence-corrected chi connectivity index (χ4v) is 4.39. The molecule has 1 unspecified atom stereocenters. The number of halogens is 2. The van der Waals surface area contributed by atoms with Crippen molar-refractivity contribution in [1.82, 2.24) is 0 Å². The minimum atomic E-state index is -0.714. The maximum Gasteiger partial charge on any atom is 0.300 e. The van der Waals surface area contributed by atoms with Gasteiger partial charge in [0.2, 0.25) is 0 Å². The third-order valence-electron chi connectivity index (χ3n) is 4.48. The van der Waals surface area contributed by atoms with Gasteiger partial charge >= 0.3 is 0 Å². The number of aliphatic hydroxyl groups excluding tert-OH is 1. The van der Waals surface area contributed by atoms with E-state index >= 15 is 0 Å². The lowest BCUT2D eigenvalue weighted by atomic mass is 10.00. The minimum Gasteiger partial charge on any atom is -0.507 e. The quantitative estimate of drug-likeness (QED) is 0.297. The second-order valence-corrected chi connectivity index (χ2v) is 8.50. The van der Waals surface area contributed by atoms with E-state index in [2.05, 4.69) is 15.9 Å². The van der Waals surface area contributed by atoms with E-state index in [1.807, 2.05) is 17.5 Å². The first-order chi connectivity index (χ1) is 13.5. The molecule has 0 bridgehead atoms. The highest BCUT2D eigenvalue weighted by atomic mass is 79.9. The average molecular weight is 475 g/mol. The summed E-state index contributed by atoms with van der Waals surface area (Å²) in [5, 5.41) is 13.3. The van der Waals surface area contributed by atoms with E-state index in [0.29, 0.717) is 16.3 Å². The zero-order valence-electron chi connectivity index (χ0n) is 14.3. The van der Waals surface area contributed by atoms with Crippen LogP contribution in [-0.2, 0) is 9.59 Å². The van der Waals surface area contributed by atoms with Gasteiger partial charge in [0, 0.05) is 25.6 Å². The number of rotatable bonds is 3.